The zero-order valence-electron chi connectivity index (χ0n) is 14.6. The third-order valence-corrected chi connectivity index (χ3v) is 4.29. The molecule has 1 radical (unpaired) electrons. The number of hydrogen-bond acceptors (Lipinski definition) is 2. The van der Waals surface area contributed by atoms with E-state index in [1.54, 1.807) is 0 Å². The van der Waals surface area contributed by atoms with E-state index in [-0.39, 0.29) is 0 Å². The highest BCUT2D eigenvalue weighted by Crippen LogP contribution is 2.23. The second-order valence-electron chi connectivity index (χ2n) is 6.27. The van der Waals surface area contributed by atoms with Crippen molar-refractivity contribution in [1.82, 2.24) is 9.97 Å². The first kappa shape index (κ1) is 17.7. The number of pyridine rings is 2. The first-order valence-corrected chi connectivity index (χ1v) is 9.16. The molecule has 2 nitrogen and oxygen atoms in total. The Morgan fingerprint density at radius 1 is 0.870 bits per heavy atom. The van der Waals surface area contributed by atoms with Crippen LogP contribution in [0.5, 0.6) is 0 Å². The lowest BCUT2D eigenvalue weighted by Gasteiger charge is -2.09. The Morgan fingerprint density at radius 3 is 2.48 bits per heavy atom. The molecule has 0 fully saturated rings. The van der Waals surface area contributed by atoms with Crippen molar-refractivity contribution >= 4 is 0 Å². The molecule has 0 spiro atoms. The van der Waals surface area contributed by atoms with Crippen molar-refractivity contribution in [2.75, 3.05) is 0 Å². The van der Waals surface area contributed by atoms with Gasteiger partial charge in [0.25, 0.3) is 0 Å². The highest BCUT2D eigenvalue weighted by Gasteiger charge is 2.07. The van der Waals surface area contributed by atoms with Crippen LogP contribution in [0, 0.1) is 6.20 Å². The van der Waals surface area contributed by atoms with Crippen molar-refractivity contribution < 1.29 is 0 Å². The second-order valence-corrected chi connectivity index (χ2v) is 6.27. The van der Waals surface area contributed by atoms with Crippen LogP contribution in [-0.2, 0) is 12.8 Å². The number of aromatic nitrogens is 2. The number of rotatable bonds is 10. The summed E-state index contributed by atoms with van der Waals surface area (Å²) in [7, 11) is 0. The average molecular weight is 309 g/mol. The molecule has 0 bridgehead atoms. The predicted molar refractivity (Wildman–Crippen MR) is 97.4 cm³/mol. The van der Waals surface area contributed by atoms with Crippen molar-refractivity contribution in [1.29, 1.82) is 0 Å². The van der Waals surface area contributed by atoms with E-state index in [4.69, 9.17) is 0 Å². The summed E-state index contributed by atoms with van der Waals surface area (Å²) in [6.07, 6.45) is 18.0. The lowest BCUT2D eigenvalue weighted by atomic mass is 9.99. The number of hydrogen-bond donors (Lipinski definition) is 0. The average Bonchev–Trinajstić information content (AvgIpc) is 2.60. The second kappa shape index (κ2) is 10.1. The van der Waals surface area contributed by atoms with Gasteiger partial charge in [-0.1, -0.05) is 46.0 Å². The summed E-state index contributed by atoms with van der Waals surface area (Å²) < 4.78 is 0. The van der Waals surface area contributed by atoms with Crippen molar-refractivity contribution in [3.8, 4) is 11.3 Å². The molecule has 0 N–H and O–H groups in total. The van der Waals surface area contributed by atoms with E-state index >= 15 is 0 Å². The van der Waals surface area contributed by atoms with E-state index < -0.39 is 0 Å². The molecule has 0 saturated heterocycles. The molecule has 0 atom stereocenters. The van der Waals surface area contributed by atoms with Crippen LogP contribution in [0.3, 0.4) is 0 Å². The molecule has 0 saturated carbocycles. The van der Waals surface area contributed by atoms with Gasteiger partial charge in [-0.15, -0.1) is 0 Å². The smallest absolute Gasteiger partial charge is 0.0927 e. The van der Waals surface area contributed by atoms with Gasteiger partial charge < -0.3 is 0 Å². The van der Waals surface area contributed by atoms with Crippen LogP contribution in [-0.4, -0.2) is 9.97 Å². The fourth-order valence-electron chi connectivity index (χ4n) is 2.90. The first-order valence-electron chi connectivity index (χ1n) is 9.16. The summed E-state index contributed by atoms with van der Waals surface area (Å²) in [5, 5.41) is 0. The largest absolute Gasteiger partial charge is 0.256 e. The van der Waals surface area contributed by atoms with Crippen LogP contribution >= 0.6 is 0 Å². The molecule has 0 amide bonds. The third-order valence-electron chi connectivity index (χ3n) is 4.29. The van der Waals surface area contributed by atoms with Gasteiger partial charge in [-0.25, -0.2) is 0 Å². The topological polar surface area (TPSA) is 25.8 Å². The lowest BCUT2D eigenvalue weighted by Crippen LogP contribution is -1.96. The quantitative estimate of drug-likeness (QED) is 0.518. The van der Waals surface area contributed by atoms with Crippen LogP contribution in [0.4, 0.5) is 0 Å². The maximum Gasteiger partial charge on any atom is 0.0927 e. The highest BCUT2D eigenvalue weighted by atomic mass is 14.7. The van der Waals surface area contributed by atoms with E-state index in [9.17, 15) is 0 Å². The molecule has 0 aliphatic rings. The molecular formula is C21H29N2. The van der Waals surface area contributed by atoms with Gasteiger partial charge >= 0.3 is 0 Å². The molecule has 23 heavy (non-hydrogen) atoms. The molecule has 0 aliphatic carbocycles. The number of unbranched alkanes of at least 4 members (excludes halogenated alkanes) is 5. The van der Waals surface area contributed by atoms with Gasteiger partial charge in [0.2, 0.25) is 0 Å². The van der Waals surface area contributed by atoms with Crippen LogP contribution < -0.4 is 0 Å². The first-order chi connectivity index (χ1) is 11.3. The molecule has 123 valence electrons. The summed E-state index contributed by atoms with van der Waals surface area (Å²) in [5.41, 5.74) is 4.87. The van der Waals surface area contributed by atoms with Gasteiger partial charge in [0.1, 0.15) is 0 Å². The minimum atomic E-state index is 1.04. The molecule has 2 rings (SSSR count). The monoisotopic (exact) mass is 309 g/mol. The van der Waals surface area contributed by atoms with Gasteiger partial charge in [-0.2, -0.15) is 0 Å². The zero-order chi connectivity index (χ0) is 16.3. The van der Waals surface area contributed by atoms with E-state index in [0.29, 0.717) is 0 Å². The predicted octanol–water partition coefficient (Wildman–Crippen LogP) is 5.80. The third kappa shape index (κ3) is 5.78. The molecule has 2 aromatic rings. The van der Waals surface area contributed by atoms with E-state index in [1.807, 2.05) is 12.4 Å². The fraction of sp³-hybridized carbons (Fsp3) is 0.524. The van der Waals surface area contributed by atoms with Gasteiger partial charge in [-0.05, 0) is 55.0 Å². The van der Waals surface area contributed by atoms with Crippen LogP contribution in [0.1, 0.15) is 69.9 Å². The number of aryl methyl sites for hydroxylation is 2. The van der Waals surface area contributed by atoms with Crippen molar-refractivity contribution in [2.24, 2.45) is 0 Å². The summed E-state index contributed by atoms with van der Waals surface area (Å²) in [4.78, 5) is 8.78. The molecule has 2 heteroatoms. The normalized spacial score (nSPS) is 10.9. The highest BCUT2D eigenvalue weighted by molar-refractivity contribution is 5.63. The summed E-state index contributed by atoms with van der Waals surface area (Å²) in [5.74, 6) is 0. The van der Waals surface area contributed by atoms with E-state index in [2.05, 4.69) is 48.2 Å². The molecular weight excluding hydrogens is 280 g/mol. The Balaban J connectivity index is 2.08. The molecule has 0 aliphatic heterocycles. The van der Waals surface area contributed by atoms with Gasteiger partial charge in [-0.3, -0.25) is 9.97 Å². The van der Waals surface area contributed by atoms with E-state index in [0.717, 1.165) is 18.5 Å². The molecule has 0 aromatic carbocycles. The standard InChI is InChI=1S/C21H29N2/c1-3-5-7-9-10-18-12-15-23-21(16-18)20-13-14-22-17-19(20)11-8-6-4-2/h12-16H,3-11H2,1-2H3. The summed E-state index contributed by atoms with van der Waals surface area (Å²) >= 11 is 0. The van der Waals surface area contributed by atoms with Crippen molar-refractivity contribution in [3.05, 3.63) is 47.9 Å². The number of nitrogens with zero attached hydrogens (tertiary/aromatic N) is 2. The minimum absolute atomic E-state index is 1.04. The van der Waals surface area contributed by atoms with Crippen molar-refractivity contribution in [2.45, 2.75) is 71.6 Å². The Hall–Kier alpha value is -1.70. The van der Waals surface area contributed by atoms with Crippen LogP contribution in [0.2, 0.25) is 0 Å². The molecule has 0 unspecified atom stereocenters. The van der Waals surface area contributed by atoms with Crippen LogP contribution in [0.15, 0.2) is 30.6 Å². The Labute approximate surface area is 141 Å². The Kier molecular flexibility index (Phi) is 7.79. The van der Waals surface area contributed by atoms with Gasteiger partial charge in [0.15, 0.2) is 0 Å². The van der Waals surface area contributed by atoms with Crippen LogP contribution in [0.25, 0.3) is 11.3 Å². The summed E-state index contributed by atoms with van der Waals surface area (Å²) in [6, 6.07) is 6.48. The fourth-order valence-corrected chi connectivity index (χ4v) is 2.90. The maximum absolute atomic E-state index is 4.60. The van der Waals surface area contributed by atoms with E-state index in [1.165, 1.54) is 61.6 Å². The van der Waals surface area contributed by atoms with Gasteiger partial charge in [0.05, 0.1) is 11.9 Å². The molecule has 2 heterocycles. The van der Waals surface area contributed by atoms with Gasteiger partial charge in [0, 0.05) is 18.0 Å². The Bertz CT molecular complexity index is 578. The summed E-state index contributed by atoms with van der Waals surface area (Å²) in [6.45, 7) is 4.49. The molecule has 2 aromatic heterocycles. The maximum atomic E-state index is 4.60. The zero-order valence-corrected chi connectivity index (χ0v) is 14.6. The Morgan fingerprint density at radius 2 is 1.65 bits per heavy atom. The minimum Gasteiger partial charge on any atom is -0.256 e. The lowest BCUT2D eigenvalue weighted by molar-refractivity contribution is 0.666. The SMILES string of the molecule is CCCCCCc1ccnc(-c2ccn[c]c2CCCCC)c1. The van der Waals surface area contributed by atoms with Crippen molar-refractivity contribution in [3.63, 3.8) is 0 Å².